The fourth-order valence-corrected chi connectivity index (χ4v) is 3.10. The summed E-state index contributed by atoms with van der Waals surface area (Å²) < 4.78 is 0.692. The zero-order valence-corrected chi connectivity index (χ0v) is 14.1. The van der Waals surface area contributed by atoms with Crippen molar-refractivity contribution >= 4 is 40.8 Å². The van der Waals surface area contributed by atoms with E-state index in [0.717, 1.165) is 31.1 Å². The van der Waals surface area contributed by atoms with Crippen LogP contribution in [0.2, 0.25) is 4.34 Å². The predicted octanol–water partition coefficient (Wildman–Crippen LogP) is 1.70. The van der Waals surface area contributed by atoms with E-state index in [0.29, 0.717) is 17.3 Å². The average Bonchev–Trinajstić information content (AvgIpc) is 2.91. The van der Waals surface area contributed by atoms with E-state index >= 15 is 0 Å². The Morgan fingerprint density at radius 1 is 1.32 bits per heavy atom. The molecule has 0 aromatic carbocycles. The molecule has 0 aliphatic carbocycles. The van der Waals surface area contributed by atoms with Crippen molar-refractivity contribution in [3.05, 3.63) is 27.4 Å². The van der Waals surface area contributed by atoms with E-state index in [2.05, 4.69) is 17.3 Å². The number of amides is 2. The minimum atomic E-state index is -0.198. The van der Waals surface area contributed by atoms with Crippen molar-refractivity contribution in [2.75, 3.05) is 39.8 Å². The van der Waals surface area contributed by atoms with Gasteiger partial charge < -0.3 is 15.1 Å². The summed E-state index contributed by atoms with van der Waals surface area (Å²) in [6.07, 6.45) is 3.52. The normalized spacial score (nSPS) is 16.2. The third-order valence-electron chi connectivity index (χ3n) is 3.49. The first-order valence-corrected chi connectivity index (χ1v) is 8.41. The van der Waals surface area contributed by atoms with Gasteiger partial charge in [0.05, 0.1) is 4.34 Å². The van der Waals surface area contributed by atoms with Crippen LogP contribution in [-0.4, -0.2) is 61.4 Å². The summed E-state index contributed by atoms with van der Waals surface area (Å²) in [4.78, 5) is 28.6. The SMILES string of the molecule is CN1CCN(C(=O)CCNC(=O)/C=C/c2ccc(Cl)s2)CC1. The summed E-state index contributed by atoms with van der Waals surface area (Å²) in [7, 11) is 2.05. The average molecular weight is 342 g/mol. The van der Waals surface area contributed by atoms with Gasteiger partial charge in [-0.15, -0.1) is 11.3 Å². The highest BCUT2D eigenvalue weighted by Crippen LogP contribution is 2.22. The molecule has 0 saturated carbocycles. The molecule has 5 nitrogen and oxygen atoms in total. The lowest BCUT2D eigenvalue weighted by atomic mass is 10.3. The Morgan fingerprint density at radius 3 is 2.68 bits per heavy atom. The van der Waals surface area contributed by atoms with Crippen LogP contribution in [0, 0.1) is 0 Å². The molecule has 1 fully saturated rings. The van der Waals surface area contributed by atoms with Crippen LogP contribution in [0.4, 0.5) is 0 Å². The van der Waals surface area contributed by atoms with Crippen molar-refractivity contribution in [3.8, 4) is 0 Å². The molecule has 0 radical (unpaired) electrons. The molecule has 0 atom stereocenters. The lowest BCUT2D eigenvalue weighted by Gasteiger charge is -2.32. The first-order chi connectivity index (χ1) is 10.5. The van der Waals surface area contributed by atoms with Crippen LogP contribution >= 0.6 is 22.9 Å². The Kier molecular flexibility index (Phi) is 6.42. The van der Waals surface area contributed by atoms with Crippen LogP contribution in [0.25, 0.3) is 6.08 Å². The molecule has 0 bridgehead atoms. The molecule has 1 aromatic rings. The van der Waals surface area contributed by atoms with Crippen LogP contribution < -0.4 is 5.32 Å². The molecular formula is C15H20ClN3O2S. The Balaban J connectivity index is 1.66. The van der Waals surface area contributed by atoms with Gasteiger partial charge in [0.25, 0.3) is 0 Å². The van der Waals surface area contributed by atoms with Crippen molar-refractivity contribution in [3.63, 3.8) is 0 Å². The molecule has 1 aliphatic heterocycles. The van der Waals surface area contributed by atoms with E-state index in [1.54, 1.807) is 12.1 Å². The van der Waals surface area contributed by atoms with E-state index in [1.165, 1.54) is 17.4 Å². The second-order valence-corrected chi connectivity index (χ2v) is 6.95. The fourth-order valence-electron chi connectivity index (χ4n) is 2.14. The molecule has 2 amide bonds. The predicted molar refractivity (Wildman–Crippen MR) is 90.1 cm³/mol. The number of nitrogens with zero attached hydrogens (tertiary/aromatic N) is 2. The fraction of sp³-hybridized carbons (Fsp3) is 0.467. The zero-order chi connectivity index (χ0) is 15.9. The van der Waals surface area contributed by atoms with Crippen molar-refractivity contribution in [2.24, 2.45) is 0 Å². The van der Waals surface area contributed by atoms with E-state index in [1.807, 2.05) is 11.0 Å². The first kappa shape index (κ1) is 17.0. The quantitative estimate of drug-likeness (QED) is 0.829. The van der Waals surface area contributed by atoms with E-state index in [4.69, 9.17) is 11.6 Å². The van der Waals surface area contributed by atoms with Crippen molar-refractivity contribution in [2.45, 2.75) is 6.42 Å². The van der Waals surface area contributed by atoms with Gasteiger partial charge in [0.15, 0.2) is 0 Å². The first-order valence-electron chi connectivity index (χ1n) is 7.22. The maximum atomic E-state index is 12.0. The molecule has 7 heteroatoms. The highest BCUT2D eigenvalue weighted by atomic mass is 35.5. The molecule has 1 aliphatic rings. The van der Waals surface area contributed by atoms with Crippen molar-refractivity contribution in [1.82, 2.24) is 15.1 Å². The minimum Gasteiger partial charge on any atom is -0.352 e. The molecule has 2 heterocycles. The summed E-state index contributed by atoms with van der Waals surface area (Å²) in [5.41, 5.74) is 0. The molecular weight excluding hydrogens is 322 g/mol. The summed E-state index contributed by atoms with van der Waals surface area (Å²) in [6, 6.07) is 3.65. The number of hydrogen-bond acceptors (Lipinski definition) is 4. The van der Waals surface area contributed by atoms with Crippen LogP contribution in [-0.2, 0) is 9.59 Å². The summed E-state index contributed by atoms with van der Waals surface area (Å²) in [6.45, 7) is 3.71. The summed E-state index contributed by atoms with van der Waals surface area (Å²) in [5, 5.41) is 2.73. The highest BCUT2D eigenvalue weighted by molar-refractivity contribution is 7.17. The summed E-state index contributed by atoms with van der Waals surface area (Å²) >= 11 is 7.23. The lowest BCUT2D eigenvalue weighted by molar-refractivity contribution is -0.132. The molecule has 1 saturated heterocycles. The highest BCUT2D eigenvalue weighted by Gasteiger charge is 2.18. The van der Waals surface area contributed by atoms with Crippen LogP contribution in [0.3, 0.4) is 0 Å². The van der Waals surface area contributed by atoms with Gasteiger partial charge in [-0.3, -0.25) is 9.59 Å². The lowest BCUT2D eigenvalue weighted by Crippen LogP contribution is -2.47. The Bertz CT molecular complexity index is 551. The van der Waals surface area contributed by atoms with Gasteiger partial charge >= 0.3 is 0 Å². The minimum absolute atomic E-state index is 0.0995. The Morgan fingerprint density at radius 2 is 2.05 bits per heavy atom. The molecule has 0 unspecified atom stereocenters. The third kappa shape index (κ3) is 5.44. The topological polar surface area (TPSA) is 52.6 Å². The van der Waals surface area contributed by atoms with E-state index < -0.39 is 0 Å². The largest absolute Gasteiger partial charge is 0.352 e. The van der Waals surface area contributed by atoms with Crippen LogP contribution in [0.5, 0.6) is 0 Å². The maximum absolute atomic E-state index is 12.0. The number of thiophene rings is 1. The van der Waals surface area contributed by atoms with Crippen LogP contribution in [0.15, 0.2) is 18.2 Å². The second-order valence-electron chi connectivity index (χ2n) is 5.20. The number of nitrogens with one attached hydrogen (secondary N) is 1. The number of rotatable bonds is 5. The van der Waals surface area contributed by atoms with Gasteiger partial charge in [-0.05, 0) is 25.3 Å². The van der Waals surface area contributed by atoms with Gasteiger partial charge in [0, 0.05) is 50.1 Å². The standard InChI is InChI=1S/C15H20ClN3O2S/c1-18-8-10-19(11-9-18)15(21)6-7-17-14(20)5-3-12-2-4-13(16)22-12/h2-5H,6-11H2,1H3,(H,17,20)/b5-3+. The monoisotopic (exact) mass is 341 g/mol. The number of carbonyl (C=O) groups is 2. The number of likely N-dealkylation sites (N-methyl/N-ethyl adjacent to an activating group) is 1. The Labute approximate surface area is 139 Å². The van der Waals surface area contributed by atoms with Gasteiger partial charge in [-0.2, -0.15) is 0 Å². The number of carbonyl (C=O) groups excluding carboxylic acids is 2. The molecule has 2 rings (SSSR count). The number of halogens is 1. The van der Waals surface area contributed by atoms with E-state index in [-0.39, 0.29) is 11.8 Å². The molecule has 1 N–H and O–H groups in total. The smallest absolute Gasteiger partial charge is 0.244 e. The molecule has 120 valence electrons. The summed E-state index contributed by atoms with van der Waals surface area (Å²) in [5.74, 6) is -0.0990. The van der Waals surface area contributed by atoms with Crippen LogP contribution in [0.1, 0.15) is 11.3 Å². The molecule has 1 aromatic heterocycles. The third-order valence-corrected chi connectivity index (χ3v) is 4.68. The molecule has 22 heavy (non-hydrogen) atoms. The second kappa shape index (κ2) is 8.31. The molecule has 0 spiro atoms. The van der Waals surface area contributed by atoms with Crippen molar-refractivity contribution < 1.29 is 9.59 Å². The van der Waals surface area contributed by atoms with Gasteiger partial charge in [-0.1, -0.05) is 11.6 Å². The van der Waals surface area contributed by atoms with E-state index in [9.17, 15) is 9.59 Å². The van der Waals surface area contributed by atoms with Gasteiger partial charge in [0.1, 0.15) is 0 Å². The van der Waals surface area contributed by atoms with Gasteiger partial charge in [0.2, 0.25) is 11.8 Å². The number of hydrogen-bond donors (Lipinski definition) is 1. The zero-order valence-electron chi connectivity index (χ0n) is 12.5. The number of piperazine rings is 1. The maximum Gasteiger partial charge on any atom is 0.244 e. The Hall–Kier alpha value is -1.37. The van der Waals surface area contributed by atoms with Crippen molar-refractivity contribution in [1.29, 1.82) is 0 Å². The van der Waals surface area contributed by atoms with Gasteiger partial charge in [-0.25, -0.2) is 0 Å².